The lowest BCUT2D eigenvalue weighted by Gasteiger charge is -2.26. The molecule has 1 aliphatic rings. The van der Waals surface area contributed by atoms with Crippen LogP contribution in [0.25, 0.3) is 0 Å². The zero-order valence-corrected chi connectivity index (χ0v) is 10.4. The van der Waals surface area contributed by atoms with Gasteiger partial charge < -0.3 is 4.57 Å². The van der Waals surface area contributed by atoms with Crippen LogP contribution in [0.2, 0.25) is 0 Å². The van der Waals surface area contributed by atoms with E-state index in [0.29, 0.717) is 31.9 Å². The number of sulfonamides is 1. The minimum Gasteiger partial charge on any atom is -0.333 e. The van der Waals surface area contributed by atoms with E-state index in [1.165, 1.54) is 4.31 Å². The smallest absolute Gasteiger partial charge is 0.214 e. The highest BCUT2D eigenvalue weighted by Crippen LogP contribution is 2.15. The first-order valence-electron chi connectivity index (χ1n) is 5.17. The fraction of sp³-hybridized carbons (Fsp3) is 0.667. The van der Waals surface area contributed by atoms with Crippen molar-refractivity contribution < 1.29 is 8.42 Å². The molecule has 0 radical (unpaired) electrons. The summed E-state index contributed by atoms with van der Waals surface area (Å²) in [6, 6.07) is 0. The van der Waals surface area contributed by atoms with Crippen molar-refractivity contribution in [2.45, 2.75) is 19.5 Å². The molecule has 16 heavy (non-hydrogen) atoms. The Morgan fingerprint density at radius 2 is 2.25 bits per heavy atom. The standard InChI is InChI=1S/C9H14ClN3O2S/c10-2-1-7-16(14,15)13-6-5-12-4-3-11-9(12)8-13/h3-4H,1-2,5-8H2. The van der Waals surface area contributed by atoms with E-state index in [1.54, 1.807) is 6.20 Å². The molecule has 0 N–H and O–H groups in total. The number of hydrogen-bond donors (Lipinski definition) is 0. The van der Waals surface area contributed by atoms with Crippen LogP contribution >= 0.6 is 11.6 Å². The molecule has 7 heteroatoms. The van der Waals surface area contributed by atoms with Gasteiger partial charge >= 0.3 is 0 Å². The number of rotatable bonds is 4. The van der Waals surface area contributed by atoms with E-state index in [2.05, 4.69) is 4.98 Å². The van der Waals surface area contributed by atoms with Crippen molar-refractivity contribution in [2.24, 2.45) is 0 Å². The molecule has 0 unspecified atom stereocenters. The van der Waals surface area contributed by atoms with Crippen LogP contribution in [-0.4, -0.2) is 40.5 Å². The summed E-state index contributed by atoms with van der Waals surface area (Å²) in [5.74, 6) is 1.31. The van der Waals surface area contributed by atoms with Gasteiger partial charge in [-0.25, -0.2) is 13.4 Å². The summed E-state index contributed by atoms with van der Waals surface area (Å²) in [4.78, 5) is 4.13. The third-order valence-electron chi connectivity index (χ3n) is 2.64. The van der Waals surface area contributed by atoms with Gasteiger partial charge in [-0.2, -0.15) is 4.31 Å². The van der Waals surface area contributed by atoms with Gasteiger partial charge in [0.25, 0.3) is 0 Å². The topological polar surface area (TPSA) is 55.2 Å². The summed E-state index contributed by atoms with van der Waals surface area (Å²) in [5.41, 5.74) is 0. The maximum absolute atomic E-state index is 11.9. The molecule has 0 fully saturated rings. The van der Waals surface area contributed by atoms with Gasteiger partial charge in [0.2, 0.25) is 10.0 Å². The third kappa shape index (κ3) is 2.39. The summed E-state index contributed by atoms with van der Waals surface area (Å²) in [6.07, 6.45) is 4.07. The Morgan fingerprint density at radius 1 is 1.44 bits per heavy atom. The number of alkyl halides is 1. The van der Waals surface area contributed by atoms with Gasteiger partial charge in [0.05, 0.1) is 12.3 Å². The minimum atomic E-state index is -3.17. The van der Waals surface area contributed by atoms with Gasteiger partial charge in [-0.15, -0.1) is 11.6 Å². The van der Waals surface area contributed by atoms with Gasteiger partial charge in [0.1, 0.15) is 5.82 Å². The van der Waals surface area contributed by atoms with Crippen LogP contribution in [0, 0.1) is 0 Å². The molecule has 0 spiro atoms. The average Bonchev–Trinajstić information content (AvgIpc) is 2.73. The quantitative estimate of drug-likeness (QED) is 0.750. The van der Waals surface area contributed by atoms with Crippen LogP contribution in [0.5, 0.6) is 0 Å². The van der Waals surface area contributed by atoms with E-state index in [1.807, 2.05) is 10.8 Å². The van der Waals surface area contributed by atoms with E-state index in [0.717, 1.165) is 5.82 Å². The molecule has 1 aromatic rings. The van der Waals surface area contributed by atoms with Crippen molar-refractivity contribution in [3.63, 3.8) is 0 Å². The van der Waals surface area contributed by atoms with Gasteiger partial charge in [-0.3, -0.25) is 0 Å². The summed E-state index contributed by atoms with van der Waals surface area (Å²) >= 11 is 5.51. The second kappa shape index (κ2) is 4.73. The minimum absolute atomic E-state index is 0.122. The van der Waals surface area contributed by atoms with E-state index < -0.39 is 10.0 Å². The number of nitrogens with zero attached hydrogens (tertiary/aromatic N) is 3. The van der Waals surface area contributed by atoms with E-state index in [4.69, 9.17) is 11.6 Å². The molecule has 0 aromatic carbocycles. The highest BCUT2D eigenvalue weighted by atomic mass is 35.5. The Morgan fingerprint density at radius 3 is 3.00 bits per heavy atom. The maximum atomic E-state index is 11.9. The molecule has 0 saturated heterocycles. The first-order chi connectivity index (χ1) is 7.63. The predicted molar refractivity (Wildman–Crippen MR) is 61.8 cm³/mol. The van der Waals surface area contributed by atoms with Gasteiger partial charge in [0, 0.05) is 31.4 Å². The lowest BCUT2D eigenvalue weighted by Crippen LogP contribution is -2.39. The molecule has 0 amide bonds. The lowest BCUT2D eigenvalue weighted by molar-refractivity contribution is 0.335. The van der Waals surface area contributed by atoms with Crippen molar-refractivity contribution >= 4 is 21.6 Å². The molecular weight excluding hydrogens is 250 g/mol. The van der Waals surface area contributed by atoms with E-state index in [-0.39, 0.29) is 5.75 Å². The van der Waals surface area contributed by atoms with Crippen LogP contribution in [0.3, 0.4) is 0 Å². The monoisotopic (exact) mass is 263 g/mol. The zero-order valence-electron chi connectivity index (χ0n) is 8.84. The van der Waals surface area contributed by atoms with Crippen molar-refractivity contribution in [2.75, 3.05) is 18.2 Å². The molecule has 0 saturated carbocycles. The molecule has 2 rings (SSSR count). The fourth-order valence-corrected chi connectivity index (χ4v) is 3.49. The molecule has 1 aromatic heterocycles. The van der Waals surface area contributed by atoms with E-state index >= 15 is 0 Å². The molecule has 1 aliphatic heterocycles. The number of imidazole rings is 1. The summed E-state index contributed by atoms with van der Waals surface area (Å²) in [6.45, 7) is 1.57. The largest absolute Gasteiger partial charge is 0.333 e. The Labute approximate surface area is 100 Å². The molecule has 2 heterocycles. The van der Waals surface area contributed by atoms with Crippen LogP contribution in [-0.2, 0) is 23.1 Å². The summed E-state index contributed by atoms with van der Waals surface area (Å²) < 4.78 is 27.3. The predicted octanol–water partition coefficient (Wildman–Crippen LogP) is 0.657. The van der Waals surface area contributed by atoms with Crippen molar-refractivity contribution in [1.29, 1.82) is 0 Å². The summed E-state index contributed by atoms with van der Waals surface area (Å²) in [7, 11) is -3.17. The van der Waals surface area contributed by atoms with Crippen molar-refractivity contribution in [3.8, 4) is 0 Å². The molecule has 5 nitrogen and oxygen atoms in total. The number of halogens is 1. The first kappa shape index (κ1) is 11.9. The number of fused-ring (bicyclic) bond motifs is 1. The van der Waals surface area contributed by atoms with Gasteiger partial charge in [0.15, 0.2) is 0 Å². The first-order valence-corrected chi connectivity index (χ1v) is 7.31. The molecule has 0 bridgehead atoms. The van der Waals surface area contributed by atoms with Gasteiger partial charge in [-0.05, 0) is 6.42 Å². The van der Waals surface area contributed by atoms with Crippen molar-refractivity contribution in [3.05, 3.63) is 18.2 Å². The highest BCUT2D eigenvalue weighted by Gasteiger charge is 2.26. The van der Waals surface area contributed by atoms with Crippen LogP contribution < -0.4 is 0 Å². The second-order valence-corrected chi connectivity index (χ2v) is 6.20. The fourth-order valence-electron chi connectivity index (χ4n) is 1.75. The zero-order chi connectivity index (χ0) is 11.6. The Kier molecular flexibility index (Phi) is 3.51. The number of aromatic nitrogens is 2. The Balaban J connectivity index is 2.08. The number of hydrogen-bond acceptors (Lipinski definition) is 3. The van der Waals surface area contributed by atoms with Crippen LogP contribution in [0.1, 0.15) is 12.2 Å². The average molecular weight is 264 g/mol. The molecule has 0 atom stereocenters. The maximum Gasteiger partial charge on any atom is 0.214 e. The van der Waals surface area contributed by atoms with E-state index in [9.17, 15) is 8.42 Å². The lowest BCUT2D eigenvalue weighted by atomic mass is 10.4. The Bertz CT molecular complexity index is 457. The van der Waals surface area contributed by atoms with Gasteiger partial charge in [-0.1, -0.05) is 0 Å². The highest BCUT2D eigenvalue weighted by molar-refractivity contribution is 7.89. The van der Waals surface area contributed by atoms with Crippen molar-refractivity contribution in [1.82, 2.24) is 13.9 Å². The molecular formula is C9H14ClN3O2S. The second-order valence-electron chi connectivity index (χ2n) is 3.73. The SMILES string of the molecule is O=S(=O)(CCCCl)N1CCn2ccnc2C1. The Hall–Kier alpha value is -0.590. The normalized spacial score (nSPS) is 17.3. The summed E-state index contributed by atoms with van der Waals surface area (Å²) in [5, 5.41) is 0. The molecule has 0 aliphatic carbocycles. The molecule has 90 valence electrons. The van der Waals surface area contributed by atoms with Crippen LogP contribution in [0.4, 0.5) is 0 Å². The van der Waals surface area contributed by atoms with Crippen LogP contribution in [0.15, 0.2) is 12.4 Å². The third-order valence-corrected chi connectivity index (χ3v) is 4.81.